The molecule has 1 aromatic rings. The van der Waals surface area contributed by atoms with Crippen molar-refractivity contribution in [2.75, 3.05) is 11.9 Å². The van der Waals surface area contributed by atoms with Gasteiger partial charge >= 0.3 is 0 Å². The van der Waals surface area contributed by atoms with E-state index in [0.29, 0.717) is 6.54 Å². The average Bonchev–Trinajstić information content (AvgIpc) is 2.51. The van der Waals surface area contributed by atoms with Gasteiger partial charge < -0.3 is 10.6 Å². The minimum atomic E-state index is -0.0800. The Morgan fingerprint density at radius 1 is 1.50 bits per heavy atom. The molecule has 1 heterocycles. The minimum absolute atomic E-state index is 0.0800. The number of likely N-dealkylation sites (N-methyl/N-ethyl adjacent to an activating group) is 1. The first kappa shape index (κ1) is 11.0. The lowest BCUT2D eigenvalue weighted by atomic mass is 10.1. The van der Waals surface area contributed by atoms with Crippen molar-refractivity contribution < 1.29 is 4.79 Å². The molecule has 0 aromatic heterocycles. The SMILES string of the molecule is CCNC(=O)C1CCCc2ccccc2N1. The molecule has 3 nitrogen and oxygen atoms in total. The van der Waals surface area contributed by atoms with Gasteiger partial charge in [-0.15, -0.1) is 0 Å². The molecule has 1 atom stereocenters. The number of aryl methyl sites for hydroxylation is 1. The third kappa shape index (κ3) is 2.35. The van der Waals surface area contributed by atoms with Gasteiger partial charge in [-0.2, -0.15) is 0 Å². The van der Waals surface area contributed by atoms with E-state index in [1.165, 1.54) is 5.56 Å². The number of hydrogen-bond acceptors (Lipinski definition) is 2. The van der Waals surface area contributed by atoms with E-state index in [1.54, 1.807) is 0 Å². The van der Waals surface area contributed by atoms with Gasteiger partial charge in [0.2, 0.25) is 5.91 Å². The third-order valence-electron chi connectivity index (χ3n) is 2.95. The van der Waals surface area contributed by atoms with Gasteiger partial charge in [0, 0.05) is 12.2 Å². The van der Waals surface area contributed by atoms with Crippen LogP contribution in [-0.4, -0.2) is 18.5 Å². The molecule has 0 fully saturated rings. The Morgan fingerprint density at radius 2 is 2.31 bits per heavy atom. The standard InChI is InChI=1S/C13H18N2O/c1-2-14-13(16)12-9-5-7-10-6-3-4-8-11(10)15-12/h3-4,6,8,12,15H,2,5,7,9H2,1H3,(H,14,16). The number of fused-ring (bicyclic) bond motifs is 1. The molecule has 0 aliphatic carbocycles. The van der Waals surface area contributed by atoms with Crippen molar-refractivity contribution in [2.45, 2.75) is 32.2 Å². The van der Waals surface area contributed by atoms with Crippen molar-refractivity contribution in [2.24, 2.45) is 0 Å². The van der Waals surface area contributed by atoms with E-state index >= 15 is 0 Å². The summed E-state index contributed by atoms with van der Waals surface area (Å²) in [4.78, 5) is 11.8. The lowest BCUT2D eigenvalue weighted by molar-refractivity contribution is -0.121. The van der Waals surface area contributed by atoms with Gasteiger partial charge in [-0.1, -0.05) is 18.2 Å². The number of rotatable bonds is 2. The summed E-state index contributed by atoms with van der Waals surface area (Å²) >= 11 is 0. The lowest BCUT2D eigenvalue weighted by Crippen LogP contribution is -2.39. The van der Waals surface area contributed by atoms with Gasteiger partial charge in [-0.05, 0) is 37.8 Å². The van der Waals surface area contributed by atoms with E-state index in [4.69, 9.17) is 0 Å². The highest BCUT2D eigenvalue weighted by molar-refractivity contribution is 5.85. The molecule has 0 bridgehead atoms. The summed E-state index contributed by atoms with van der Waals surface area (Å²) in [5.41, 5.74) is 2.42. The molecule has 16 heavy (non-hydrogen) atoms. The quantitative estimate of drug-likeness (QED) is 0.796. The molecule has 2 N–H and O–H groups in total. The molecule has 1 unspecified atom stereocenters. The van der Waals surface area contributed by atoms with Gasteiger partial charge in [-0.25, -0.2) is 0 Å². The van der Waals surface area contributed by atoms with Crippen molar-refractivity contribution in [3.8, 4) is 0 Å². The number of hydrogen-bond donors (Lipinski definition) is 2. The second kappa shape index (κ2) is 5.01. The first-order valence-corrected chi connectivity index (χ1v) is 5.93. The van der Waals surface area contributed by atoms with E-state index in [0.717, 1.165) is 24.9 Å². The predicted molar refractivity (Wildman–Crippen MR) is 65.5 cm³/mol. The maximum Gasteiger partial charge on any atom is 0.242 e. The second-order valence-corrected chi connectivity index (χ2v) is 4.14. The molecule has 1 amide bonds. The number of para-hydroxylation sites is 1. The molecule has 86 valence electrons. The van der Waals surface area contributed by atoms with E-state index < -0.39 is 0 Å². The molecule has 1 aliphatic rings. The lowest BCUT2D eigenvalue weighted by Gasteiger charge is -2.17. The zero-order valence-corrected chi connectivity index (χ0v) is 9.62. The van der Waals surface area contributed by atoms with Crippen LogP contribution >= 0.6 is 0 Å². The zero-order valence-electron chi connectivity index (χ0n) is 9.62. The van der Waals surface area contributed by atoms with Crippen molar-refractivity contribution >= 4 is 11.6 Å². The van der Waals surface area contributed by atoms with Gasteiger partial charge in [0.15, 0.2) is 0 Å². The Bertz CT molecular complexity index is 376. The Kier molecular flexibility index (Phi) is 3.44. The average molecular weight is 218 g/mol. The molecule has 1 aromatic carbocycles. The topological polar surface area (TPSA) is 41.1 Å². The summed E-state index contributed by atoms with van der Waals surface area (Å²) in [6, 6.07) is 8.15. The molecular formula is C13H18N2O. The molecule has 1 aliphatic heterocycles. The van der Waals surface area contributed by atoms with Crippen molar-refractivity contribution in [1.82, 2.24) is 5.32 Å². The fourth-order valence-corrected chi connectivity index (χ4v) is 2.13. The fraction of sp³-hybridized carbons (Fsp3) is 0.462. The number of benzene rings is 1. The van der Waals surface area contributed by atoms with Gasteiger partial charge in [0.05, 0.1) is 0 Å². The number of anilines is 1. The zero-order chi connectivity index (χ0) is 11.4. The molecule has 2 rings (SSSR count). The number of nitrogens with one attached hydrogen (secondary N) is 2. The van der Waals surface area contributed by atoms with Crippen LogP contribution in [0.1, 0.15) is 25.3 Å². The Hall–Kier alpha value is -1.51. The van der Waals surface area contributed by atoms with Gasteiger partial charge in [0.1, 0.15) is 6.04 Å². The van der Waals surface area contributed by atoms with Crippen LogP contribution in [-0.2, 0) is 11.2 Å². The predicted octanol–water partition coefficient (Wildman–Crippen LogP) is 1.94. The number of amides is 1. The summed E-state index contributed by atoms with van der Waals surface area (Å²) in [6.45, 7) is 2.64. The van der Waals surface area contributed by atoms with Crippen LogP contribution in [0.3, 0.4) is 0 Å². The summed E-state index contributed by atoms with van der Waals surface area (Å²) < 4.78 is 0. The summed E-state index contributed by atoms with van der Waals surface area (Å²) in [6.07, 6.45) is 3.02. The Morgan fingerprint density at radius 3 is 3.12 bits per heavy atom. The summed E-state index contributed by atoms with van der Waals surface area (Å²) in [7, 11) is 0. The van der Waals surface area contributed by atoms with Gasteiger partial charge in [-0.3, -0.25) is 4.79 Å². The third-order valence-corrected chi connectivity index (χ3v) is 2.95. The second-order valence-electron chi connectivity index (χ2n) is 4.14. The molecule has 0 spiro atoms. The monoisotopic (exact) mass is 218 g/mol. The number of carbonyl (C=O) groups is 1. The smallest absolute Gasteiger partial charge is 0.242 e. The van der Waals surface area contributed by atoms with E-state index in [9.17, 15) is 4.79 Å². The Balaban J connectivity index is 2.13. The fourth-order valence-electron chi connectivity index (χ4n) is 2.13. The van der Waals surface area contributed by atoms with Crippen LogP contribution in [0.25, 0.3) is 0 Å². The van der Waals surface area contributed by atoms with E-state index in [2.05, 4.69) is 16.7 Å². The van der Waals surface area contributed by atoms with Crippen LogP contribution < -0.4 is 10.6 Å². The summed E-state index contributed by atoms with van der Waals surface area (Å²) in [5.74, 6) is 0.110. The highest BCUT2D eigenvalue weighted by atomic mass is 16.2. The van der Waals surface area contributed by atoms with E-state index in [1.807, 2.05) is 25.1 Å². The van der Waals surface area contributed by atoms with Crippen molar-refractivity contribution in [3.05, 3.63) is 29.8 Å². The van der Waals surface area contributed by atoms with Crippen LogP contribution in [0.15, 0.2) is 24.3 Å². The minimum Gasteiger partial charge on any atom is -0.373 e. The maximum atomic E-state index is 11.8. The van der Waals surface area contributed by atoms with E-state index in [-0.39, 0.29) is 11.9 Å². The largest absolute Gasteiger partial charge is 0.373 e. The molecule has 3 heteroatoms. The molecule has 0 saturated carbocycles. The molecule has 0 radical (unpaired) electrons. The highest BCUT2D eigenvalue weighted by Crippen LogP contribution is 2.23. The normalized spacial score (nSPS) is 19.2. The first-order chi connectivity index (χ1) is 7.81. The van der Waals surface area contributed by atoms with Crippen molar-refractivity contribution in [3.63, 3.8) is 0 Å². The molecule has 0 saturated heterocycles. The summed E-state index contributed by atoms with van der Waals surface area (Å²) in [5, 5.41) is 6.20. The van der Waals surface area contributed by atoms with Crippen LogP contribution in [0.5, 0.6) is 0 Å². The van der Waals surface area contributed by atoms with Crippen LogP contribution in [0, 0.1) is 0 Å². The number of carbonyl (C=O) groups excluding carboxylic acids is 1. The van der Waals surface area contributed by atoms with Crippen LogP contribution in [0.4, 0.5) is 5.69 Å². The molecular weight excluding hydrogens is 200 g/mol. The Labute approximate surface area is 96.2 Å². The maximum absolute atomic E-state index is 11.8. The van der Waals surface area contributed by atoms with Crippen LogP contribution in [0.2, 0.25) is 0 Å². The first-order valence-electron chi connectivity index (χ1n) is 5.93. The van der Waals surface area contributed by atoms with Crippen molar-refractivity contribution in [1.29, 1.82) is 0 Å². The highest BCUT2D eigenvalue weighted by Gasteiger charge is 2.20. The van der Waals surface area contributed by atoms with Gasteiger partial charge in [0.25, 0.3) is 0 Å².